The molecule has 23 heavy (non-hydrogen) atoms. The minimum absolute atomic E-state index is 0.938. The molecule has 0 saturated carbocycles. The Labute approximate surface area is 135 Å². The second-order valence-corrected chi connectivity index (χ2v) is 6.29. The second kappa shape index (κ2) is 4.79. The van der Waals surface area contributed by atoms with Gasteiger partial charge < -0.3 is 0 Å². The number of aromatic nitrogens is 4. The van der Waals surface area contributed by atoms with Gasteiger partial charge in [0.2, 0.25) is 0 Å². The molecule has 5 heteroatoms. The van der Waals surface area contributed by atoms with Gasteiger partial charge in [0.15, 0.2) is 0 Å². The summed E-state index contributed by atoms with van der Waals surface area (Å²) in [4.78, 5) is 18.8. The highest BCUT2D eigenvalue weighted by Crippen LogP contribution is 2.38. The lowest BCUT2D eigenvalue weighted by Gasteiger charge is -2.06. The van der Waals surface area contributed by atoms with Gasteiger partial charge in [0.25, 0.3) is 0 Å². The van der Waals surface area contributed by atoms with E-state index in [0.717, 1.165) is 37.8 Å². The Morgan fingerprint density at radius 2 is 1.83 bits per heavy atom. The molecule has 0 bridgehead atoms. The van der Waals surface area contributed by atoms with Crippen LogP contribution in [0.5, 0.6) is 0 Å². The fourth-order valence-corrected chi connectivity index (χ4v) is 3.97. The van der Waals surface area contributed by atoms with Crippen molar-refractivity contribution in [3.63, 3.8) is 0 Å². The molecule has 0 spiro atoms. The molecular weight excluding hydrogens is 304 g/mol. The molecule has 4 heterocycles. The molecule has 5 rings (SSSR count). The van der Waals surface area contributed by atoms with Crippen molar-refractivity contribution in [1.82, 2.24) is 19.9 Å². The highest BCUT2D eigenvalue weighted by Gasteiger charge is 2.15. The van der Waals surface area contributed by atoms with Crippen LogP contribution in [0.15, 0.2) is 61.3 Å². The minimum atomic E-state index is 0.938. The van der Waals surface area contributed by atoms with Crippen molar-refractivity contribution in [2.45, 2.75) is 0 Å². The second-order valence-electron chi connectivity index (χ2n) is 5.26. The number of nitrogens with zero attached hydrogens (tertiary/aromatic N) is 4. The summed E-state index contributed by atoms with van der Waals surface area (Å²) in [6, 6.07) is 12.2. The molecule has 0 unspecified atom stereocenters. The number of fused-ring (bicyclic) bond motifs is 4. The Hall–Kier alpha value is -2.92. The standard InChI is InChI=1S/C18H10N4S/c1-3-11-4-2-7-20-16(11)12(5-1)17-15-13-9-19-10-22-18(13)23-14(15)6-8-21-17/h1-10H. The van der Waals surface area contributed by atoms with E-state index >= 15 is 0 Å². The Bertz CT molecular complexity index is 1170. The molecule has 108 valence electrons. The SMILES string of the molecule is c1cnc2c(-c3nccc4sc5ncncc5c34)cccc2c1. The lowest BCUT2D eigenvalue weighted by atomic mass is 10.0. The van der Waals surface area contributed by atoms with E-state index in [1.165, 1.54) is 4.70 Å². The number of hydrogen-bond acceptors (Lipinski definition) is 5. The number of rotatable bonds is 1. The highest BCUT2D eigenvalue weighted by atomic mass is 32.1. The van der Waals surface area contributed by atoms with Gasteiger partial charge in [0.05, 0.1) is 11.2 Å². The first kappa shape index (κ1) is 12.6. The number of thiophene rings is 1. The zero-order valence-electron chi connectivity index (χ0n) is 12.0. The Morgan fingerprint density at radius 3 is 2.83 bits per heavy atom. The lowest BCUT2D eigenvalue weighted by Crippen LogP contribution is -1.88. The third kappa shape index (κ3) is 1.83. The summed E-state index contributed by atoms with van der Waals surface area (Å²) >= 11 is 1.66. The molecule has 0 radical (unpaired) electrons. The third-order valence-electron chi connectivity index (χ3n) is 3.95. The topological polar surface area (TPSA) is 51.6 Å². The van der Waals surface area contributed by atoms with Gasteiger partial charge in [-0.05, 0) is 12.1 Å². The number of benzene rings is 1. The van der Waals surface area contributed by atoms with E-state index in [2.05, 4.69) is 38.1 Å². The minimum Gasteiger partial charge on any atom is -0.256 e. The normalized spacial score (nSPS) is 11.5. The average molecular weight is 314 g/mol. The van der Waals surface area contributed by atoms with Gasteiger partial charge in [0.1, 0.15) is 11.2 Å². The van der Waals surface area contributed by atoms with Crippen molar-refractivity contribution >= 4 is 42.5 Å². The van der Waals surface area contributed by atoms with Crippen LogP contribution in [0.1, 0.15) is 0 Å². The summed E-state index contributed by atoms with van der Waals surface area (Å²) in [6.07, 6.45) is 7.12. The van der Waals surface area contributed by atoms with Crippen molar-refractivity contribution in [2.75, 3.05) is 0 Å². The number of pyridine rings is 2. The first-order valence-electron chi connectivity index (χ1n) is 7.23. The average Bonchev–Trinajstić information content (AvgIpc) is 3.00. The van der Waals surface area contributed by atoms with Gasteiger partial charge in [-0.3, -0.25) is 9.97 Å². The molecule has 0 N–H and O–H groups in total. The van der Waals surface area contributed by atoms with E-state index in [1.54, 1.807) is 17.7 Å². The summed E-state index contributed by atoms with van der Waals surface area (Å²) in [5.74, 6) is 0. The van der Waals surface area contributed by atoms with E-state index in [0.29, 0.717) is 0 Å². The van der Waals surface area contributed by atoms with Gasteiger partial charge in [-0.2, -0.15) is 0 Å². The van der Waals surface area contributed by atoms with E-state index < -0.39 is 0 Å². The van der Waals surface area contributed by atoms with Crippen LogP contribution in [0.2, 0.25) is 0 Å². The van der Waals surface area contributed by atoms with Crippen molar-refractivity contribution < 1.29 is 0 Å². The van der Waals surface area contributed by atoms with Crippen LogP contribution in [0.4, 0.5) is 0 Å². The predicted molar refractivity (Wildman–Crippen MR) is 93.5 cm³/mol. The van der Waals surface area contributed by atoms with Gasteiger partial charge in [0, 0.05) is 45.0 Å². The first-order chi connectivity index (χ1) is 11.4. The van der Waals surface area contributed by atoms with Crippen molar-refractivity contribution in [2.24, 2.45) is 0 Å². The molecule has 0 fully saturated rings. The maximum Gasteiger partial charge on any atom is 0.127 e. The molecule has 4 aromatic heterocycles. The fraction of sp³-hybridized carbons (Fsp3) is 0. The molecule has 0 aliphatic rings. The van der Waals surface area contributed by atoms with E-state index in [9.17, 15) is 0 Å². The van der Waals surface area contributed by atoms with Crippen LogP contribution in [0, 0.1) is 0 Å². The van der Waals surface area contributed by atoms with Gasteiger partial charge >= 0.3 is 0 Å². The van der Waals surface area contributed by atoms with Crippen LogP contribution in [-0.2, 0) is 0 Å². The first-order valence-corrected chi connectivity index (χ1v) is 8.05. The van der Waals surface area contributed by atoms with Crippen LogP contribution < -0.4 is 0 Å². The molecule has 0 aliphatic carbocycles. The zero-order valence-corrected chi connectivity index (χ0v) is 12.8. The van der Waals surface area contributed by atoms with E-state index in [-0.39, 0.29) is 0 Å². The van der Waals surface area contributed by atoms with Gasteiger partial charge in [-0.25, -0.2) is 9.97 Å². The van der Waals surface area contributed by atoms with Gasteiger partial charge in [-0.15, -0.1) is 11.3 Å². The third-order valence-corrected chi connectivity index (χ3v) is 5.03. The fourth-order valence-electron chi connectivity index (χ4n) is 2.96. The van der Waals surface area contributed by atoms with Gasteiger partial charge in [-0.1, -0.05) is 24.3 Å². The summed E-state index contributed by atoms with van der Waals surface area (Å²) < 4.78 is 1.17. The molecule has 0 atom stereocenters. The lowest BCUT2D eigenvalue weighted by molar-refractivity contribution is 1.24. The maximum absolute atomic E-state index is 4.66. The number of para-hydroxylation sites is 1. The molecular formula is C18H10N4S. The highest BCUT2D eigenvalue weighted by molar-refractivity contribution is 7.25. The van der Waals surface area contributed by atoms with Crippen LogP contribution in [-0.4, -0.2) is 19.9 Å². The van der Waals surface area contributed by atoms with Crippen LogP contribution >= 0.6 is 11.3 Å². The summed E-state index contributed by atoms with van der Waals surface area (Å²) in [7, 11) is 0. The molecule has 5 aromatic rings. The Morgan fingerprint density at radius 1 is 0.870 bits per heavy atom. The molecule has 0 saturated heterocycles. The molecule has 1 aromatic carbocycles. The van der Waals surface area contributed by atoms with Crippen LogP contribution in [0.3, 0.4) is 0 Å². The maximum atomic E-state index is 4.66. The molecule has 0 aliphatic heterocycles. The Kier molecular flexibility index (Phi) is 2.63. The smallest absolute Gasteiger partial charge is 0.127 e. The summed E-state index contributed by atoms with van der Waals surface area (Å²) in [6.45, 7) is 0. The van der Waals surface area contributed by atoms with E-state index in [4.69, 9.17) is 0 Å². The number of hydrogen-bond donors (Lipinski definition) is 0. The van der Waals surface area contributed by atoms with Crippen molar-refractivity contribution in [3.8, 4) is 11.3 Å². The quantitative estimate of drug-likeness (QED) is 0.458. The van der Waals surface area contributed by atoms with E-state index in [1.807, 2.05) is 36.8 Å². The molecule has 4 nitrogen and oxygen atoms in total. The predicted octanol–water partition coefficient (Wildman–Crippen LogP) is 4.45. The summed E-state index contributed by atoms with van der Waals surface area (Å²) in [5.41, 5.74) is 2.94. The Balaban J connectivity index is 1.96. The van der Waals surface area contributed by atoms with Crippen molar-refractivity contribution in [3.05, 3.63) is 61.3 Å². The zero-order chi connectivity index (χ0) is 15.2. The monoisotopic (exact) mass is 314 g/mol. The molecule has 0 amide bonds. The largest absolute Gasteiger partial charge is 0.256 e. The summed E-state index contributed by atoms with van der Waals surface area (Å²) in [5, 5.41) is 3.26. The van der Waals surface area contributed by atoms with Crippen LogP contribution in [0.25, 0.3) is 42.5 Å². The van der Waals surface area contributed by atoms with Crippen molar-refractivity contribution in [1.29, 1.82) is 0 Å².